The van der Waals surface area contributed by atoms with Crippen molar-refractivity contribution in [3.8, 4) is 17.3 Å². The minimum Gasteiger partial charge on any atom is -0.488 e. The minimum atomic E-state index is 0.00706. The van der Waals surface area contributed by atoms with Crippen molar-refractivity contribution in [3.05, 3.63) is 54.7 Å². The standard InChI is InChI=1S/C24H25N5O2/c1-28(2)24(30)17-8-5-9-18(15-17)31-20-10-6-7-16-12-13-19(25-22(16)20)23-27-26-21-11-3-4-14-29(21)23/h3-4,6-7,10-14,17-18H,5,8-9,15H2,1-2H3/t17-,18?/m0/s1. The molecule has 5 rings (SSSR count). The van der Waals surface area contributed by atoms with Crippen LogP contribution < -0.4 is 4.74 Å². The zero-order chi connectivity index (χ0) is 21.4. The van der Waals surface area contributed by atoms with E-state index >= 15 is 0 Å². The molecule has 4 aromatic rings. The number of amides is 1. The predicted octanol–water partition coefficient (Wildman–Crippen LogP) is 3.97. The van der Waals surface area contributed by atoms with Crippen molar-refractivity contribution in [2.45, 2.75) is 31.8 Å². The molecule has 2 atom stereocenters. The van der Waals surface area contributed by atoms with Gasteiger partial charge in [-0.25, -0.2) is 4.98 Å². The quantitative estimate of drug-likeness (QED) is 0.504. The van der Waals surface area contributed by atoms with Gasteiger partial charge in [0, 0.05) is 31.6 Å². The molecule has 1 fully saturated rings. The summed E-state index contributed by atoms with van der Waals surface area (Å²) in [5, 5.41) is 9.57. The maximum absolute atomic E-state index is 12.4. The third-order valence-corrected chi connectivity index (χ3v) is 5.94. The average molecular weight is 415 g/mol. The number of nitrogens with zero attached hydrogens (tertiary/aromatic N) is 5. The van der Waals surface area contributed by atoms with Crippen LogP contribution in [0, 0.1) is 5.92 Å². The first-order chi connectivity index (χ1) is 15.1. The number of fused-ring (bicyclic) bond motifs is 2. The van der Waals surface area contributed by atoms with Gasteiger partial charge in [-0.3, -0.25) is 9.20 Å². The molecule has 158 valence electrons. The number of carbonyl (C=O) groups excluding carboxylic acids is 1. The van der Waals surface area contributed by atoms with Crippen molar-refractivity contribution in [2.24, 2.45) is 5.92 Å². The number of pyridine rings is 2. The van der Waals surface area contributed by atoms with Gasteiger partial charge in [0.05, 0.1) is 6.10 Å². The lowest BCUT2D eigenvalue weighted by molar-refractivity contribution is -0.135. The Hall–Kier alpha value is -3.48. The van der Waals surface area contributed by atoms with Crippen LogP contribution >= 0.6 is 0 Å². The Morgan fingerprint density at radius 3 is 2.84 bits per heavy atom. The van der Waals surface area contributed by atoms with Crippen LogP contribution in [0.4, 0.5) is 0 Å². The highest BCUT2D eigenvalue weighted by Gasteiger charge is 2.29. The van der Waals surface area contributed by atoms with E-state index in [9.17, 15) is 4.79 Å². The second kappa shape index (κ2) is 7.98. The fourth-order valence-corrected chi connectivity index (χ4v) is 4.38. The monoisotopic (exact) mass is 415 g/mol. The van der Waals surface area contributed by atoms with Gasteiger partial charge in [0.2, 0.25) is 5.91 Å². The van der Waals surface area contributed by atoms with Crippen molar-refractivity contribution in [1.82, 2.24) is 24.5 Å². The van der Waals surface area contributed by atoms with E-state index in [-0.39, 0.29) is 17.9 Å². The van der Waals surface area contributed by atoms with Gasteiger partial charge >= 0.3 is 0 Å². The second-order valence-corrected chi connectivity index (χ2v) is 8.31. The van der Waals surface area contributed by atoms with Crippen LogP contribution in [0.1, 0.15) is 25.7 Å². The molecule has 0 bridgehead atoms. The Kier molecular flexibility index (Phi) is 5.02. The third-order valence-electron chi connectivity index (χ3n) is 5.94. The number of rotatable bonds is 4. The van der Waals surface area contributed by atoms with Crippen molar-refractivity contribution in [2.75, 3.05) is 14.1 Å². The molecule has 0 N–H and O–H groups in total. The molecule has 0 radical (unpaired) electrons. The van der Waals surface area contributed by atoms with Crippen LogP contribution in [0.15, 0.2) is 54.7 Å². The Morgan fingerprint density at radius 1 is 1.06 bits per heavy atom. The van der Waals surface area contributed by atoms with E-state index in [1.807, 2.05) is 73.2 Å². The van der Waals surface area contributed by atoms with Gasteiger partial charge < -0.3 is 9.64 Å². The number of carbonyl (C=O) groups is 1. The van der Waals surface area contributed by atoms with Crippen LogP contribution in [-0.2, 0) is 4.79 Å². The normalized spacial score (nSPS) is 18.9. The SMILES string of the molecule is CN(C)C(=O)[C@H]1CCCC(Oc2cccc3ccc(-c4nnc5ccccn45)nc23)C1. The number of hydrogen-bond acceptors (Lipinski definition) is 5. The molecule has 0 spiro atoms. The molecule has 0 saturated heterocycles. The number of benzene rings is 1. The van der Waals surface area contributed by atoms with E-state index in [0.717, 1.165) is 53.7 Å². The van der Waals surface area contributed by atoms with Crippen molar-refractivity contribution in [1.29, 1.82) is 0 Å². The summed E-state index contributed by atoms with van der Waals surface area (Å²) < 4.78 is 8.34. The Morgan fingerprint density at radius 2 is 1.97 bits per heavy atom. The zero-order valence-corrected chi connectivity index (χ0v) is 17.7. The van der Waals surface area contributed by atoms with Crippen molar-refractivity contribution >= 4 is 22.5 Å². The first-order valence-corrected chi connectivity index (χ1v) is 10.7. The highest BCUT2D eigenvalue weighted by molar-refractivity contribution is 5.86. The first kappa shape index (κ1) is 19.5. The second-order valence-electron chi connectivity index (χ2n) is 8.31. The van der Waals surface area contributed by atoms with E-state index in [1.165, 1.54) is 0 Å². The molecule has 1 saturated carbocycles. The highest BCUT2D eigenvalue weighted by atomic mass is 16.5. The van der Waals surface area contributed by atoms with Gasteiger partial charge in [-0.1, -0.05) is 24.3 Å². The molecule has 3 heterocycles. The molecular formula is C24H25N5O2. The number of para-hydroxylation sites is 1. The van der Waals surface area contributed by atoms with Gasteiger partial charge in [-0.05, 0) is 49.9 Å². The number of aromatic nitrogens is 4. The summed E-state index contributed by atoms with van der Waals surface area (Å²) in [6.07, 6.45) is 5.54. The molecule has 1 amide bonds. The maximum atomic E-state index is 12.4. The molecule has 31 heavy (non-hydrogen) atoms. The molecule has 1 aromatic carbocycles. The van der Waals surface area contributed by atoms with E-state index in [2.05, 4.69) is 10.2 Å². The van der Waals surface area contributed by atoms with Crippen LogP contribution in [0.2, 0.25) is 0 Å². The number of hydrogen-bond donors (Lipinski definition) is 0. The molecular weight excluding hydrogens is 390 g/mol. The highest BCUT2D eigenvalue weighted by Crippen LogP contribution is 2.32. The van der Waals surface area contributed by atoms with Crippen molar-refractivity contribution < 1.29 is 9.53 Å². The van der Waals surface area contributed by atoms with Gasteiger partial charge in [-0.2, -0.15) is 0 Å². The summed E-state index contributed by atoms with van der Waals surface area (Å²) >= 11 is 0. The predicted molar refractivity (Wildman–Crippen MR) is 119 cm³/mol. The van der Waals surface area contributed by atoms with Crippen molar-refractivity contribution in [3.63, 3.8) is 0 Å². The van der Waals surface area contributed by atoms with Gasteiger partial charge in [0.25, 0.3) is 0 Å². The average Bonchev–Trinajstić information content (AvgIpc) is 3.23. The molecule has 7 heteroatoms. The largest absolute Gasteiger partial charge is 0.488 e. The summed E-state index contributed by atoms with van der Waals surface area (Å²) in [5.41, 5.74) is 2.32. The molecule has 1 aliphatic rings. The van der Waals surface area contributed by atoms with Gasteiger partial charge in [0.15, 0.2) is 11.5 Å². The Labute approximate surface area is 180 Å². The lowest BCUT2D eigenvalue weighted by Crippen LogP contribution is -2.36. The summed E-state index contributed by atoms with van der Waals surface area (Å²) in [4.78, 5) is 19.0. The first-order valence-electron chi connectivity index (χ1n) is 10.7. The lowest BCUT2D eigenvalue weighted by atomic mass is 9.86. The molecule has 0 aliphatic heterocycles. The number of ether oxygens (including phenoxy) is 1. The topological polar surface area (TPSA) is 72.6 Å². The molecule has 1 aliphatic carbocycles. The maximum Gasteiger partial charge on any atom is 0.225 e. The van der Waals surface area contributed by atoms with Crippen LogP contribution in [0.3, 0.4) is 0 Å². The fourth-order valence-electron chi connectivity index (χ4n) is 4.38. The molecule has 3 aromatic heterocycles. The Balaban J connectivity index is 1.47. The summed E-state index contributed by atoms with van der Waals surface area (Å²) in [6, 6.07) is 15.8. The summed E-state index contributed by atoms with van der Waals surface area (Å²) in [5.74, 6) is 1.65. The van der Waals surface area contributed by atoms with E-state index in [1.54, 1.807) is 4.90 Å². The fraction of sp³-hybridized carbons (Fsp3) is 0.333. The zero-order valence-electron chi connectivity index (χ0n) is 17.7. The van der Waals surface area contributed by atoms with E-state index < -0.39 is 0 Å². The summed E-state index contributed by atoms with van der Waals surface area (Å²) in [7, 11) is 3.63. The Bertz CT molecular complexity index is 1250. The van der Waals surface area contributed by atoms with Gasteiger partial charge in [-0.15, -0.1) is 10.2 Å². The van der Waals surface area contributed by atoms with Gasteiger partial charge in [0.1, 0.15) is 17.0 Å². The van der Waals surface area contributed by atoms with E-state index in [4.69, 9.17) is 9.72 Å². The molecule has 1 unspecified atom stereocenters. The minimum absolute atomic E-state index is 0.00706. The lowest BCUT2D eigenvalue weighted by Gasteiger charge is -2.30. The summed E-state index contributed by atoms with van der Waals surface area (Å²) in [6.45, 7) is 0. The smallest absolute Gasteiger partial charge is 0.225 e. The third kappa shape index (κ3) is 3.71. The van der Waals surface area contributed by atoms with Crippen LogP contribution in [0.25, 0.3) is 28.1 Å². The van der Waals surface area contributed by atoms with Crippen LogP contribution in [0.5, 0.6) is 5.75 Å². The molecule has 7 nitrogen and oxygen atoms in total. The van der Waals surface area contributed by atoms with E-state index in [0.29, 0.717) is 5.82 Å². The van der Waals surface area contributed by atoms with Crippen LogP contribution in [-0.4, -0.2) is 50.6 Å².